The molecule has 0 aliphatic heterocycles. The van der Waals surface area contributed by atoms with E-state index in [0.29, 0.717) is 11.3 Å². The highest BCUT2D eigenvalue weighted by Gasteiger charge is 2.14. The maximum absolute atomic E-state index is 11.3. The van der Waals surface area contributed by atoms with Crippen molar-refractivity contribution in [3.63, 3.8) is 0 Å². The van der Waals surface area contributed by atoms with E-state index in [1.54, 1.807) is 24.3 Å². The molecule has 0 heterocycles. The Balaban J connectivity index is 2.85. The number of esters is 1. The van der Waals surface area contributed by atoms with E-state index in [0.717, 1.165) is 13.2 Å². The van der Waals surface area contributed by atoms with Gasteiger partial charge < -0.3 is 14.6 Å². The summed E-state index contributed by atoms with van der Waals surface area (Å²) in [7, 11) is 1.10. The molecule has 0 aliphatic carbocycles. The van der Waals surface area contributed by atoms with Gasteiger partial charge in [-0.3, -0.25) is 4.79 Å². The van der Waals surface area contributed by atoms with E-state index in [4.69, 9.17) is 4.74 Å². The molecular formula is C15H18O5. The molecule has 0 atom stereocenters. The molecule has 108 valence electrons. The van der Waals surface area contributed by atoms with Crippen molar-refractivity contribution in [1.82, 2.24) is 0 Å². The van der Waals surface area contributed by atoms with Gasteiger partial charge in [-0.1, -0.05) is 0 Å². The number of hydrogen-bond acceptors (Lipinski definition) is 5. The van der Waals surface area contributed by atoms with E-state index in [1.165, 1.54) is 0 Å². The van der Waals surface area contributed by atoms with Crippen molar-refractivity contribution < 1.29 is 24.2 Å². The number of carbonyl (C=O) groups is 2. The van der Waals surface area contributed by atoms with Crippen molar-refractivity contribution in [1.29, 1.82) is 0 Å². The van der Waals surface area contributed by atoms with Crippen molar-refractivity contribution >= 4 is 17.5 Å². The summed E-state index contributed by atoms with van der Waals surface area (Å²) in [6.07, 6.45) is 0.825. The van der Waals surface area contributed by atoms with Gasteiger partial charge in [0.1, 0.15) is 17.1 Å². The van der Waals surface area contributed by atoms with Gasteiger partial charge in [-0.25, -0.2) is 4.79 Å². The maximum Gasteiger partial charge on any atom is 0.378 e. The molecular weight excluding hydrogens is 260 g/mol. The first-order chi connectivity index (χ1) is 9.23. The van der Waals surface area contributed by atoms with Crippen molar-refractivity contribution in [3.05, 3.63) is 35.9 Å². The standard InChI is InChI=1S/C15H18O5/c1-15(2,3)20-11-7-5-10(6-8-11)12(16)9-13(17)14(18)19-4/h5-9,16H,1-4H3. The molecule has 0 spiro atoms. The minimum atomic E-state index is -1.02. The first kappa shape index (κ1) is 15.8. The first-order valence-electron chi connectivity index (χ1n) is 6.05. The van der Waals surface area contributed by atoms with Crippen LogP contribution in [0.5, 0.6) is 5.75 Å². The molecule has 1 N–H and O–H groups in total. The third-order valence-corrected chi connectivity index (χ3v) is 2.23. The predicted molar refractivity (Wildman–Crippen MR) is 74.5 cm³/mol. The lowest BCUT2D eigenvalue weighted by Crippen LogP contribution is -2.22. The highest BCUT2D eigenvalue weighted by atomic mass is 16.5. The van der Waals surface area contributed by atoms with Crippen LogP contribution in [0.15, 0.2) is 30.3 Å². The number of aliphatic hydroxyl groups excluding tert-OH is 1. The number of ether oxygens (including phenoxy) is 2. The van der Waals surface area contributed by atoms with Gasteiger partial charge in [0.2, 0.25) is 0 Å². The highest BCUT2D eigenvalue weighted by molar-refractivity contribution is 6.39. The molecule has 0 unspecified atom stereocenters. The minimum Gasteiger partial charge on any atom is -0.507 e. The van der Waals surface area contributed by atoms with Crippen LogP contribution in [0.2, 0.25) is 0 Å². The summed E-state index contributed by atoms with van der Waals surface area (Å²) < 4.78 is 9.89. The molecule has 0 aromatic heterocycles. The van der Waals surface area contributed by atoms with Gasteiger partial charge in [-0.2, -0.15) is 0 Å². The summed E-state index contributed by atoms with van der Waals surface area (Å²) in [6, 6.07) is 6.54. The van der Waals surface area contributed by atoms with Crippen LogP contribution < -0.4 is 4.74 Å². The predicted octanol–water partition coefficient (Wildman–Crippen LogP) is 2.50. The van der Waals surface area contributed by atoms with Gasteiger partial charge >= 0.3 is 5.97 Å². The summed E-state index contributed by atoms with van der Waals surface area (Å²) in [5.41, 5.74) is 0.0868. The van der Waals surface area contributed by atoms with Gasteiger partial charge in [0.25, 0.3) is 5.78 Å². The fourth-order valence-corrected chi connectivity index (χ4v) is 1.41. The summed E-state index contributed by atoms with van der Waals surface area (Å²) in [5, 5.41) is 9.75. The first-order valence-corrected chi connectivity index (χ1v) is 6.05. The zero-order valence-electron chi connectivity index (χ0n) is 12.0. The number of hydrogen-bond donors (Lipinski definition) is 1. The van der Waals surface area contributed by atoms with Gasteiger partial charge in [-0.15, -0.1) is 0 Å². The van der Waals surface area contributed by atoms with Gasteiger partial charge in [0.15, 0.2) is 0 Å². The van der Waals surface area contributed by atoms with Crippen LogP contribution in [-0.4, -0.2) is 29.6 Å². The summed E-state index contributed by atoms with van der Waals surface area (Å²) in [5.74, 6) is -1.60. The molecule has 5 nitrogen and oxygen atoms in total. The SMILES string of the molecule is COC(=O)C(=O)C=C(O)c1ccc(OC(C)(C)C)cc1. The lowest BCUT2D eigenvalue weighted by molar-refractivity contribution is -0.149. The summed E-state index contributed by atoms with van der Waals surface area (Å²) >= 11 is 0. The smallest absolute Gasteiger partial charge is 0.378 e. The summed E-state index contributed by atoms with van der Waals surface area (Å²) in [4.78, 5) is 22.2. The second kappa shape index (κ2) is 6.23. The molecule has 20 heavy (non-hydrogen) atoms. The number of carbonyl (C=O) groups excluding carboxylic acids is 2. The Labute approximate surface area is 117 Å². The summed E-state index contributed by atoms with van der Waals surface area (Å²) in [6.45, 7) is 5.77. The largest absolute Gasteiger partial charge is 0.507 e. The van der Waals surface area contributed by atoms with E-state index in [9.17, 15) is 14.7 Å². The van der Waals surface area contributed by atoms with Gasteiger partial charge in [0.05, 0.1) is 7.11 Å². The number of methoxy groups -OCH3 is 1. The van der Waals surface area contributed by atoms with Crippen LogP contribution >= 0.6 is 0 Å². The number of rotatable bonds is 4. The average Bonchev–Trinajstić information content (AvgIpc) is 2.36. The highest BCUT2D eigenvalue weighted by Crippen LogP contribution is 2.21. The molecule has 0 aliphatic rings. The van der Waals surface area contributed by atoms with Crippen molar-refractivity contribution in [2.24, 2.45) is 0 Å². The molecule has 0 radical (unpaired) electrons. The second-order valence-corrected chi connectivity index (χ2v) is 5.12. The fourth-order valence-electron chi connectivity index (χ4n) is 1.41. The zero-order chi connectivity index (χ0) is 15.3. The Morgan fingerprint density at radius 2 is 1.70 bits per heavy atom. The third kappa shape index (κ3) is 4.76. The minimum absolute atomic E-state index is 0.303. The molecule has 5 heteroatoms. The van der Waals surface area contributed by atoms with Crippen LogP contribution in [0.25, 0.3) is 5.76 Å². The molecule has 1 aromatic rings. The second-order valence-electron chi connectivity index (χ2n) is 5.12. The Hall–Kier alpha value is -2.30. The monoisotopic (exact) mass is 278 g/mol. The third-order valence-electron chi connectivity index (χ3n) is 2.23. The molecule has 0 fully saturated rings. The number of aliphatic hydroxyl groups is 1. The molecule has 1 rings (SSSR count). The normalized spacial score (nSPS) is 11.9. The Bertz CT molecular complexity index is 520. The molecule has 0 amide bonds. The van der Waals surface area contributed by atoms with E-state index in [-0.39, 0.29) is 11.4 Å². The fraction of sp³-hybridized carbons (Fsp3) is 0.333. The molecule has 0 saturated carbocycles. The number of benzene rings is 1. The maximum atomic E-state index is 11.3. The van der Waals surface area contributed by atoms with E-state index in [1.807, 2.05) is 20.8 Å². The Kier molecular flexibility index (Phi) is 4.91. The molecule has 1 aromatic carbocycles. The molecule has 0 saturated heterocycles. The van der Waals surface area contributed by atoms with Crippen LogP contribution in [0.1, 0.15) is 26.3 Å². The van der Waals surface area contributed by atoms with Crippen molar-refractivity contribution in [2.75, 3.05) is 7.11 Å². The van der Waals surface area contributed by atoms with Crippen LogP contribution in [-0.2, 0) is 14.3 Å². The van der Waals surface area contributed by atoms with Crippen LogP contribution in [0, 0.1) is 0 Å². The quantitative estimate of drug-likeness (QED) is 0.396. The van der Waals surface area contributed by atoms with E-state index in [2.05, 4.69) is 4.74 Å². The van der Waals surface area contributed by atoms with Crippen molar-refractivity contribution in [3.8, 4) is 5.75 Å². The number of ketones is 1. The lowest BCUT2D eigenvalue weighted by atomic mass is 10.1. The lowest BCUT2D eigenvalue weighted by Gasteiger charge is -2.21. The average molecular weight is 278 g/mol. The molecule has 0 bridgehead atoms. The van der Waals surface area contributed by atoms with E-state index >= 15 is 0 Å². The van der Waals surface area contributed by atoms with Crippen LogP contribution in [0.4, 0.5) is 0 Å². The van der Waals surface area contributed by atoms with Gasteiger partial charge in [0, 0.05) is 11.6 Å². The van der Waals surface area contributed by atoms with E-state index < -0.39 is 11.8 Å². The Morgan fingerprint density at radius 3 is 2.15 bits per heavy atom. The van der Waals surface area contributed by atoms with Gasteiger partial charge in [-0.05, 0) is 45.0 Å². The van der Waals surface area contributed by atoms with Crippen LogP contribution in [0.3, 0.4) is 0 Å². The topological polar surface area (TPSA) is 72.8 Å². The van der Waals surface area contributed by atoms with Crippen molar-refractivity contribution in [2.45, 2.75) is 26.4 Å². The zero-order valence-corrected chi connectivity index (χ0v) is 12.0. The Morgan fingerprint density at radius 1 is 1.15 bits per heavy atom.